The molecule has 0 spiro atoms. The number of unbranched alkanes of at least 4 members (excludes halogenated alkanes) is 4. The van der Waals surface area contributed by atoms with Crippen LogP contribution >= 0.6 is 0 Å². The smallest absolute Gasteiger partial charge is 0.374 e. The number of allylic oxidation sites excluding steroid dienone is 2. The lowest BCUT2D eigenvalue weighted by Gasteiger charge is -2.28. The second-order valence-electron chi connectivity index (χ2n) is 4.50. The van der Waals surface area contributed by atoms with E-state index in [1.807, 2.05) is 20.8 Å². The molecule has 0 saturated carbocycles. The molecule has 0 amide bonds. The van der Waals surface area contributed by atoms with Crippen molar-refractivity contribution in [2.24, 2.45) is 0 Å². The lowest BCUT2D eigenvalue weighted by Crippen LogP contribution is -2.45. The van der Waals surface area contributed by atoms with Crippen LogP contribution in [0.2, 0.25) is 6.04 Å². The molecule has 0 heterocycles. The summed E-state index contributed by atoms with van der Waals surface area (Å²) in [5, 5.41) is 0. The minimum Gasteiger partial charge on any atom is -0.374 e. The molecule has 0 N–H and O–H groups in total. The third kappa shape index (κ3) is 9.38. The molecule has 19 heavy (non-hydrogen) atoms. The Morgan fingerprint density at radius 3 is 1.79 bits per heavy atom. The quantitative estimate of drug-likeness (QED) is 0.282. The summed E-state index contributed by atoms with van der Waals surface area (Å²) in [5.74, 6) is 0. The topological polar surface area (TPSA) is 27.7 Å². The Balaban J connectivity index is 3.96. The van der Waals surface area contributed by atoms with Gasteiger partial charge in [0, 0.05) is 25.9 Å². The molecule has 0 rings (SSSR count). The van der Waals surface area contributed by atoms with Gasteiger partial charge in [-0.25, -0.2) is 0 Å². The van der Waals surface area contributed by atoms with Gasteiger partial charge in [-0.15, -0.1) is 0 Å². The Morgan fingerprint density at radius 2 is 1.32 bits per heavy atom. The summed E-state index contributed by atoms with van der Waals surface area (Å²) < 4.78 is 17.5. The molecule has 0 atom stereocenters. The molecule has 0 aliphatic heterocycles. The highest BCUT2D eigenvalue weighted by atomic mass is 28.4. The van der Waals surface area contributed by atoms with Crippen molar-refractivity contribution in [2.75, 3.05) is 19.8 Å². The molecule has 0 saturated heterocycles. The highest BCUT2D eigenvalue weighted by Crippen LogP contribution is 2.20. The van der Waals surface area contributed by atoms with Crippen molar-refractivity contribution in [3.63, 3.8) is 0 Å². The fraction of sp³-hybridized carbons (Fsp3) is 0.867. The molecule has 0 unspecified atom stereocenters. The summed E-state index contributed by atoms with van der Waals surface area (Å²) in [4.78, 5) is 0. The maximum atomic E-state index is 5.84. The molecular formula is C15H32O3Si. The van der Waals surface area contributed by atoms with E-state index in [9.17, 15) is 0 Å². The van der Waals surface area contributed by atoms with Crippen molar-refractivity contribution >= 4 is 8.80 Å². The Labute approximate surface area is 120 Å². The normalized spacial score (nSPS) is 12.4. The van der Waals surface area contributed by atoms with Crippen LogP contribution in [0, 0.1) is 0 Å². The zero-order valence-electron chi connectivity index (χ0n) is 13.2. The van der Waals surface area contributed by atoms with Crippen molar-refractivity contribution in [1.82, 2.24) is 0 Å². The summed E-state index contributed by atoms with van der Waals surface area (Å²) in [6.07, 6.45) is 10.5. The van der Waals surface area contributed by atoms with E-state index < -0.39 is 8.80 Å². The lowest BCUT2D eigenvalue weighted by molar-refractivity contribution is 0.0706. The van der Waals surface area contributed by atoms with Crippen LogP contribution in [-0.2, 0) is 13.3 Å². The summed E-state index contributed by atoms with van der Waals surface area (Å²) >= 11 is 0. The van der Waals surface area contributed by atoms with Gasteiger partial charge in [-0.3, -0.25) is 0 Å². The average molecular weight is 289 g/mol. The minimum absolute atomic E-state index is 0.674. The molecule has 0 fully saturated rings. The largest absolute Gasteiger partial charge is 0.500 e. The molecule has 0 aliphatic rings. The molecule has 0 radical (unpaired) electrons. The van der Waals surface area contributed by atoms with E-state index in [0.717, 1.165) is 12.5 Å². The van der Waals surface area contributed by atoms with Crippen LogP contribution in [0.15, 0.2) is 12.2 Å². The fourth-order valence-electron chi connectivity index (χ4n) is 2.13. The number of hydrogen-bond acceptors (Lipinski definition) is 3. The second-order valence-corrected chi connectivity index (χ2v) is 7.24. The minimum atomic E-state index is -2.38. The van der Waals surface area contributed by atoms with Gasteiger partial charge in [0.2, 0.25) is 0 Å². The second kappa shape index (κ2) is 12.8. The van der Waals surface area contributed by atoms with Gasteiger partial charge in [0.1, 0.15) is 0 Å². The van der Waals surface area contributed by atoms with Crippen LogP contribution in [0.1, 0.15) is 59.8 Å². The van der Waals surface area contributed by atoms with Crippen molar-refractivity contribution < 1.29 is 13.3 Å². The van der Waals surface area contributed by atoms with Crippen LogP contribution < -0.4 is 0 Å². The van der Waals surface area contributed by atoms with Crippen LogP contribution in [-0.4, -0.2) is 28.6 Å². The first-order valence-corrected chi connectivity index (χ1v) is 9.70. The Kier molecular flexibility index (Phi) is 12.7. The van der Waals surface area contributed by atoms with Gasteiger partial charge in [0.05, 0.1) is 0 Å². The van der Waals surface area contributed by atoms with E-state index in [1.165, 1.54) is 25.7 Å². The van der Waals surface area contributed by atoms with Gasteiger partial charge >= 0.3 is 8.80 Å². The van der Waals surface area contributed by atoms with Crippen LogP contribution in [0.25, 0.3) is 0 Å². The fourth-order valence-corrected chi connectivity index (χ4v) is 4.81. The average Bonchev–Trinajstić information content (AvgIpc) is 2.39. The van der Waals surface area contributed by atoms with Crippen molar-refractivity contribution in [3.8, 4) is 0 Å². The standard InChI is InChI=1S/C15H32O3Si/c1-5-9-10-11-12-13-14-15-19(16-6-2,17-7-3)18-8-4/h5,9H,6-8,10-15H2,1-4H3/b9-5+. The first kappa shape index (κ1) is 18.8. The van der Waals surface area contributed by atoms with Gasteiger partial charge in [-0.1, -0.05) is 25.0 Å². The number of rotatable bonds is 13. The Bertz CT molecular complexity index is 202. The molecular weight excluding hydrogens is 256 g/mol. The SMILES string of the molecule is C/C=C/CCCCCC[Si](OCC)(OCC)OCC. The van der Waals surface area contributed by atoms with E-state index in [4.69, 9.17) is 13.3 Å². The summed E-state index contributed by atoms with van der Waals surface area (Å²) in [6.45, 7) is 10.1. The van der Waals surface area contributed by atoms with Gasteiger partial charge in [-0.05, 0) is 47.0 Å². The summed E-state index contributed by atoms with van der Waals surface area (Å²) in [7, 11) is -2.38. The van der Waals surface area contributed by atoms with Gasteiger partial charge in [0.25, 0.3) is 0 Å². The molecule has 0 bridgehead atoms. The molecule has 114 valence electrons. The van der Waals surface area contributed by atoms with Crippen molar-refractivity contribution in [1.29, 1.82) is 0 Å². The van der Waals surface area contributed by atoms with Gasteiger partial charge in [0.15, 0.2) is 0 Å². The molecule has 4 heteroatoms. The third-order valence-corrected chi connectivity index (χ3v) is 6.08. The highest BCUT2D eigenvalue weighted by molar-refractivity contribution is 6.60. The zero-order valence-corrected chi connectivity index (χ0v) is 14.2. The van der Waals surface area contributed by atoms with E-state index >= 15 is 0 Å². The summed E-state index contributed by atoms with van der Waals surface area (Å²) in [5.41, 5.74) is 0. The Morgan fingerprint density at radius 1 is 0.789 bits per heavy atom. The van der Waals surface area contributed by atoms with Crippen molar-refractivity contribution in [3.05, 3.63) is 12.2 Å². The first-order chi connectivity index (χ1) is 9.24. The van der Waals surface area contributed by atoms with Crippen molar-refractivity contribution in [2.45, 2.75) is 65.8 Å². The van der Waals surface area contributed by atoms with Gasteiger partial charge < -0.3 is 13.3 Å². The predicted molar refractivity (Wildman–Crippen MR) is 83.3 cm³/mol. The molecule has 0 aliphatic carbocycles. The molecule has 3 nitrogen and oxygen atoms in total. The lowest BCUT2D eigenvalue weighted by atomic mass is 10.1. The predicted octanol–water partition coefficient (Wildman–Crippen LogP) is 4.56. The third-order valence-electron chi connectivity index (χ3n) is 2.93. The highest BCUT2D eigenvalue weighted by Gasteiger charge is 2.39. The van der Waals surface area contributed by atoms with E-state index in [-0.39, 0.29) is 0 Å². The van der Waals surface area contributed by atoms with Gasteiger partial charge in [-0.2, -0.15) is 0 Å². The maximum absolute atomic E-state index is 5.84. The zero-order chi connectivity index (χ0) is 14.4. The van der Waals surface area contributed by atoms with Crippen LogP contribution in [0.3, 0.4) is 0 Å². The molecule has 0 aromatic rings. The van der Waals surface area contributed by atoms with E-state index in [2.05, 4.69) is 19.1 Å². The van der Waals surface area contributed by atoms with Crippen LogP contribution in [0.5, 0.6) is 0 Å². The van der Waals surface area contributed by atoms with E-state index in [0.29, 0.717) is 19.8 Å². The summed E-state index contributed by atoms with van der Waals surface area (Å²) in [6, 6.07) is 0.951. The first-order valence-electron chi connectivity index (χ1n) is 7.77. The maximum Gasteiger partial charge on any atom is 0.500 e. The van der Waals surface area contributed by atoms with Crippen LogP contribution in [0.4, 0.5) is 0 Å². The molecule has 0 aromatic carbocycles. The Hall–Kier alpha value is -0.163. The molecule has 0 aromatic heterocycles. The van der Waals surface area contributed by atoms with E-state index in [1.54, 1.807) is 0 Å². The number of hydrogen-bond donors (Lipinski definition) is 0. The monoisotopic (exact) mass is 288 g/mol.